The van der Waals surface area contributed by atoms with Gasteiger partial charge in [0.2, 0.25) is 5.88 Å². The summed E-state index contributed by atoms with van der Waals surface area (Å²) in [5.74, 6) is 1.45. The zero-order valence-corrected chi connectivity index (χ0v) is 15.3. The van der Waals surface area contributed by atoms with Crippen LogP contribution in [0.2, 0.25) is 0 Å². The lowest BCUT2D eigenvalue weighted by Crippen LogP contribution is -2.33. The molecule has 5 rings (SSSR count). The summed E-state index contributed by atoms with van der Waals surface area (Å²) in [5.41, 5.74) is 3.01. The second-order valence-corrected chi connectivity index (χ2v) is 6.72. The Balaban J connectivity index is 1.34. The lowest BCUT2D eigenvalue weighted by Gasteiger charge is -2.22. The molecule has 2 aliphatic heterocycles. The lowest BCUT2D eigenvalue weighted by atomic mass is 10.1. The Morgan fingerprint density at radius 3 is 3.04 bits per heavy atom. The Morgan fingerprint density at radius 1 is 1.11 bits per heavy atom. The minimum absolute atomic E-state index is 0.0548. The van der Waals surface area contributed by atoms with E-state index in [4.69, 9.17) is 14.2 Å². The number of amidine groups is 1. The second-order valence-electron chi connectivity index (χ2n) is 6.72. The van der Waals surface area contributed by atoms with Gasteiger partial charge in [-0.05, 0) is 41.8 Å². The van der Waals surface area contributed by atoms with Crippen molar-refractivity contribution >= 4 is 22.3 Å². The van der Waals surface area contributed by atoms with Gasteiger partial charge < -0.3 is 19.5 Å². The molecule has 1 unspecified atom stereocenters. The molecule has 4 heterocycles. The fraction of sp³-hybridized carbons (Fsp3) is 0.286. The molecule has 0 saturated carbocycles. The van der Waals surface area contributed by atoms with Crippen LogP contribution >= 0.6 is 0 Å². The summed E-state index contributed by atoms with van der Waals surface area (Å²) >= 11 is 0. The number of ether oxygens (including phenoxy) is 3. The normalized spacial score (nSPS) is 18.6. The van der Waals surface area contributed by atoms with E-state index in [1.807, 2.05) is 30.3 Å². The summed E-state index contributed by atoms with van der Waals surface area (Å²) in [5, 5.41) is 5.41. The zero-order chi connectivity index (χ0) is 18.8. The molecule has 2 aromatic heterocycles. The molecule has 1 fully saturated rings. The number of rotatable bonds is 4. The van der Waals surface area contributed by atoms with Crippen LogP contribution < -0.4 is 10.1 Å². The highest BCUT2D eigenvalue weighted by molar-refractivity contribution is 6.11. The SMILES string of the molecule is c1cnc2c(c1)C(Nc1ccc3c(OCC4COCCO4)nccc3c1)=NC2. The van der Waals surface area contributed by atoms with Gasteiger partial charge in [-0.25, -0.2) is 4.98 Å². The van der Waals surface area contributed by atoms with Crippen molar-refractivity contribution in [1.29, 1.82) is 0 Å². The van der Waals surface area contributed by atoms with Gasteiger partial charge in [0.25, 0.3) is 0 Å². The first-order valence-electron chi connectivity index (χ1n) is 9.33. The van der Waals surface area contributed by atoms with E-state index in [0.717, 1.165) is 33.6 Å². The van der Waals surface area contributed by atoms with Gasteiger partial charge in [-0.1, -0.05) is 0 Å². The van der Waals surface area contributed by atoms with Crippen LogP contribution in [0.1, 0.15) is 11.3 Å². The maximum absolute atomic E-state index is 5.91. The van der Waals surface area contributed by atoms with Gasteiger partial charge in [0.05, 0.1) is 32.1 Å². The first-order chi connectivity index (χ1) is 13.9. The van der Waals surface area contributed by atoms with Crippen LogP contribution in [0.15, 0.2) is 53.8 Å². The van der Waals surface area contributed by atoms with Crippen molar-refractivity contribution in [3.8, 4) is 5.88 Å². The van der Waals surface area contributed by atoms with Crippen LogP contribution in [0.4, 0.5) is 5.69 Å². The van der Waals surface area contributed by atoms with E-state index < -0.39 is 0 Å². The molecule has 1 N–H and O–H groups in total. The van der Waals surface area contributed by atoms with E-state index >= 15 is 0 Å². The number of pyridine rings is 2. The van der Waals surface area contributed by atoms with Crippen LogP contribution in [0, 0.1) is 0 Å². The highest BCUT2D eigenvalue weighted by Gasteiger charge is 2.18. The topological polar surface area (TPSA) is 77.9 Å². The molecule has 1 saturated heterocycles. The van der Waals surface area contributed by atoms with Crippen molar-refractivity contribution in [2.75, 3.05) is 31.7 Å². The fourth-order valence-corrected chi connectivity index (χ4v) is 3.41. The number of hydrogen-bond acceptors (Lipinski definition) is 7. The number of nitrogens with zero attached hydrogens (tertiary/aromatic N) is 3. The average Bonchev–Trinajstić information content (AvgIpc) is 3.16. The number of aliphatic imine (C=N–C) groups is 1. The lowest BCUT2D eigenvalue weighted by molar-refractivity contribution is -0.101. The van der Waals surface area contributed by atoms with E-state index in [-0.39, 0.29) is 6.10 Å². The largest absolute Gasteiger partial charge is 0.474 e. The van der Waals surface area contributed by atoms with E-state index in [1.165, 1.54) is 0 Å². The van der Waals surface area contributed by atoms with Gasteiger partial charge in [-0.15, -0.1) is 0 Å². The van der Waals surface area contributed by atoms with Gasteiger partial charge in [0.1, 0.15) is 18.5 Å². The predicted octanol–water partition coefficient (Wildman–Crippen LogP) is 2.80. The summed E-state index contributed by atoms with van der Waals surface area (Å²) < 4.78 is 17.0. The Hall–Kier alpha value is -3.03. The number of nitrogens with one attached hydrogen (secondary N) is 1. The van der Waals surface area contributed by atoms with Crippen LogP contribution in [0.5, 0.6) is 5.88 Å². The number of anilines is 1. The van der Waals surface area contributed by atoms with Gasteiger partial charge in [-0.2, -0.15) is 0 Å². The maximum atomic E-state index is 5.91. The molecule has 0 spiro atoms. The van der Waals surface area contributed by atoms with Crippen molar-refractivity contribution < 1.29 is 14.2 Å². The molecule has 142 valence electrons. The minimum Gasteiger partial charge on any atom is -0.474 e. The van der Waals surface area contributed by atoms with Crippen LogP contribution in [0.3, 0.4) is 0 Å². The van der Waals surface area contributed by atoms with Crippen molar-refractivity contribution in [3.63, 3.8) is 0 Å². The first-order valence-corrected chi connectivity index (χ1v) is 9.33. The zero-order valence-electron chi connectivity index (χ0n) is 15.3. The molecule has 0 bridgehead atoms. The number of hydrogen-bond donors (Lipinski definition) is 1. The molecule has 0 amide bonds. The van der Waals surface area contributed by atoms with Gasteiger partial charge in [0.15, 0.2) is 0 Å². The summed E-state index contributed by atoms with van der Waals surface area (Å²) in [6, 6.07) is 12.0. The van der Waals surface area contributed by atoms with Gasteiger partial charge in [0, 0.05) is 29.0 Å². The third-order valence-electron chi connectivity index (χ3n) is 4.81. The molecule has 7 nitrogen and oxygen atoms in total. The highest BCUT2D eigenvalue weighted by atomic mass is 16.6. The van der Waals surface area contributed by atoms with E-state index in [0.29, 0.717) is 38.9 Å². The predicted molar refractivity (Wildman–Crippen MR) is 106 cm³/mol. The number of aromatic nitrogens is 2. The Morgan fingerprint density at radius 2 is 2.11 bits per heavy atom. The number of benzene rings is 1. The highest BCUT2D eigenvalue weighted by Crippen LogP contribution is 2.27. The van der Waals surface area contributed by atoms with Crippen molar-refractivity contribution in [3.05, 3.63) is 60.0 Å². The second kappa shape index (κ2) is 7.53. The minimum atomic E-state index is -0.0548. The van der Waals surface area contributed by atoms with Crippen molar-refractivity contribution in [2.45, 2.75) is 12.6 Å². The maximum Gasteiger partial charge on any atom is 0.221 e. The van der Waals surface area contributed by atoms with Crippen LogP contribution in [-0.2, 0) is 16.0 Å². The molecule has 1 atom stereocenters. The smallest absolute Gasteiger partial charge is 0.221 e. The van der Waals surface area contributed by atoms with E-state index in [9.17, 15) is 0 Å². The van der Waals surface area contributed by atoms with E-state index in [1.54, 1.807) is 12.4 Å². The molecule has 7 heteroatoms. The third kappa shape index (κ3) is 3.42. The molecule has 2 aliphatic rings. The molecule has 0 aliphatic carbocycles. The molecule has 1 aromatic carbocycles. The van der Waals surface area contributed by atoms with Gasteiger partial charge in [-0.3, -0.25) is 9.98 Å². The summed E-state index contributed by atoms with van der Waals surface area (Å²) in [6.45, 7) is 2.84. The summed E-state index contributed by atoms with van der Waals surface area (Å²) in [4.78, 5) is 13.3. The Bertz CT molecular complexity index is 1030. The Kier molecular flexibility index (Phi) is 4.60. The molecular weight excluding hydrogens is 356 g/mol. The third-order valence-corrected chi connectivity index (χ3v) is 4.81. The van der Waals surface area contributed by atoms with E-state index in [2.05, 4.69) is 26.3 Å². The molecule has 28 heavy (non-hydrogen) atoms. The van der Waals surface area contributed by atoms with Crippen molar-refractivity contribution in [2.24, 2.45) is 4.99 Å². The monoisotopic (exact) mass is 376 g/mol. The average molecular weight is 376 g/mol. The fourth-order valence-electron chi connectivity index (χ4n) is 3.41. The van der Waals surface area contributed by atoms with Gasteiger partial charge >= 0.3 is 0 Å². The summed E-state index contributed by atoms with van der Waals surface area (Å²) in [6.07, 6.45) is 3.50. The van der Waals surface area contributed by atoms with Crippen LogP contribution in [-0.4, -0.2) is 48.3 Å². The molecular formula is C21H20N4O3. The van der Waals surface area contributed by atoms with Crippen molar-refractivity contribution in [1.82, 2.24) is 9.97 Å². The molecule has 3 aromatic rings. The molecule has 0 radical (unpaired) electrons. The van der Waals surface area contributed by atoms with Crippen LogP contribution in [0.25, 0.3) is 10.8 Å². The number of fused-ring (bicyclic) bond motifs is 2. The first kappa shape index (κ1) is 17.1. The Labute approximate surface area is 162 Å². The quantitative estimate of drug-likeness (QED) is 0.754. The summed E-state index contributed by atoms with van der Waals surface area (Å²) in [7, 11) is 0. The standard InChI is InChI=1S/C21H20N4O3/c1-2-18-19(22-6-1)11-24-20(18)25-15-3-4-17-14(10-15)5-7-23-21(17)28-13-16-12-26-8-9-27-16/h1-7,10,16H,8-9,11-13H2,(H,24,25).